The standard InChI is InChI=1S/C11H12N2O4S/c12-11(14)17-18(15,16)6-4-8-1-2-10-9(7-8)3-5-13-10/h1-3,5,7,13H,4,6H2,(H2,12,14). The number of benzene rings is 1. The zero-order valence-electron chi connectivity index (χ0n) is 9.42. The van der Waals surface area contributed by atoms with Crippen molar-refractivity contribution < 1.29 is 17.4 Å². The number of hydrogen-bond acceptors (Lipinski definition) is 4. The lowest BCUT2D eigenvalue weighted by atomic mass is 10.1. The molecular weight excluding hydrogens is 256 g/mol. The van der Waals surface area contributed by atoms with Gasteiger partial charge in [-0.3, -0.25) is 0 Å². The molecule has 6 nitrogen and oxygen atoms in total. The molecule has 0 bridgehead atoms. The van der Waals surface area contributed by atoms with Gasteiger partial charge in [-0.05, 0) is 35.6 Å². The zero-order chi connectivity index (χ0) is 13.2. The lowest BCUT2D eigenvalue weighted by Crippen LogP contribution is -2.21. The van der Waals surface area contributed by atoms with Gasteiger partial charge in [-0.2, -0.15) is 8.42 Å². The van der Waals surface area contributed by atoms with E-state index in [1.54, 1.807) is 6.20 Å². The first kappa shape index (κ1) is 12.4. The highest BCUT2D eigenvalue weighted by Crippen LogP contribution is 2.15. The third-order valence-electron chi connectivity index (χ3n) is 2.47. The molecule has 18 heavy (non-hydrogen) atoms. The van der Waals surface area contributed by atoms with Gasteiger partial charge < -0.3 is 14.9 Å². The minimum atomic E-state index is -3.90. The molecule has 7 heteroatoms. The maximum absolute atomic E-state index is 11.3. The van der Waals surface area contributed by atoms with Crippen molar-refractivity contribution in [3.8, 4) is 0 Å². The smallest absolute Gasteiger partial charge is 0.361 e. The van der Waals surface area contributed by atoms with Crippen molar-refractivity contribution in [2.45, 2.75) is 6.42 Å². The first-order valence-corrected chi connectivity index (χ1v) is 6.82. The van der Waals surface area contributed by atoms with Crippen LogP contribution in [0.3, 0.4) is 0 Å². The number of carbonyl (C=O) groups excluding carboxylic acids is 1. The molecule has 0 aliphatic rings. The lowest BCUT2D eigenvalue weighted by molar-refractivity contribution is 0.213. The Balaban J connectivity index is 2.07. The fourth-order valence-corrected chi connectivity index (χ4v) is 2.49. The molecule has 0 aliphatic carbocycles. The highest BCUT2D eigenvalue weighted by molar-refractivity contribution is 7.87. The molecule has 1 aromatic carbocycles. The van der Waals surface area contributed by atoms with Crippen molar-refractivity contribution >= 4 is 27.1 Å². The second kappa shape index (κ2) is 4.69. The normalized spacial score (nSPS) is 11.6. The second-order valence-corrected chi connectivity index (χ2v) is 5.50. The van der Waals surface area contributed by atoms with Crippen LogP contribution >= 0.6 is 0 Å². The Hall–Kier alpha value is -2.02. The van der Waals surface area contributed by atoms with Crippen LogP contribution in [-0.4, -0.2) is 25.2 Å². The van der Waals surface area contributed by atoms with Gasteiger partial charge in [0.15, 0.2) is 0 Å². The predicted molar refractivity (Wildman–Crippen MR) is 66.5 cm³/mol. The van der Waals surface area contributed by atoms with Gasteiger partial charge in [0.05, 0.1) is 5.75 Å². The third-order valence-corrected chi connectivity index (χ3v) is 3.59. The summed E-state index contributed by atoms with van der Waals surface area (Å²) in [5, 5.41) is 1.00. The van der Waals surface area contributed by atoms with E-state index in [-0.39, 0.29) is 12.2 Å². The molecule has 0 radical (unpaired) electrons. The number of hydrogen-bond donors (Lipinski definition) is 2. The van der Waals surface area contributed by atoms with Gasteiger partial charge in [-0.15, -0.1) is 0 Å². The maximum Gasteiger partial charge on any atom is 0.420 e. The SMILES string of the molecule is NC(=O)OS(=O)(=O)CCc1ccc2[nH]ccc2c1. The van der Waals surface area contributed by atoms with Crippen molar-refractivity contribution in [3.05, 3.63) is 36.0 Å². The summed E-state index contributed by atoms with van der Waals surface area (Å²) in [6.07, 6.45) is 0.758. The number of fused-ring (bicyclic) bond motifs is 1. The van der Waals surface area contributed by atoms with Crippen LogP contribution in [0.1, 0.15) is 5.56 Å². The number of aryl methyl sites for hydroxylation is 1. The van der Waals surface area contributed by atoms with Crippen molar-refractivity contribution in [1.82, 2.24) is 4.98 Å². The number of primary amides is 1. The van der Waals surface area contributed by atoms with E-state index in [0.717, 1.165) is 16.5 Å². The van der Waals surface area contributed by atoms with E-state index in [1.807, 2.05) is 24.3 Å². The maximum atomic E-state index is 11.3. The summed E-state index contributed by atoms with van der Waals surface area (Å²) < 4.78 is 26.6. The van der Waals surface area contributed by atoms with E-state index in [1.165, 1.54) is 0 Å². The molecule has 1 aromatic heterocycles. The summed E-state index contributed by atoms with van der Waals surface area (Å²) in [5.41, 5.74) is 6.49. The number of nitrogens with one attached hydrogen (secondary N) is 1. The van der Waals surface area contributed by atoms with E-state index in [9.17, 15) is 13.2 Å². The van der Waals surface area contributed by atoms with Crippen LogP contribution in [-0.2, 0) is 20.7 Å². The molecule has 0 unspecified atom stereocenters. The summed E-state index contributed by atoms with van der Waals surface area (Å²) in [7, 11) is -3.90. The summed E-state index contributed by atoms with van der Waals surface area (Å²) in [6, 6.07) is 7.46. The summed E-state index contributed by atoms with van der Waals surface area (Å²) in [5.74, 6) is -0.286. The van der Waals surface area contributed by atoms with Gasteiger partial charge in [-0.1, -0.05) is 6.07 Å². The summed E-state index contributed by atoms with van der Waals surface area (Å²) in [6.45, 7) is 0. The van der Waals surface area contributed by atoms with E-state index in [4.69, 9.17) is 0 Å². The van der Waals surface area contributed by atoms with Gasteiger partial charge in [0.25, 0.3) is 0 Å². The Morgan fingerprint density at radius 1 is 1.33 bits per heavy atom. The second-order valence-electron chi connectivity index (χ2n) is 3.81. The quantitative estimate of drug-likeness (QED) is 0.811. The molecule has 0 spiro atoms. The van der Waals surface area contributed by atoms with E-state index >= 15 is 0 Å². The molecule has 2 rings (SSSR count). The molecule has 1 heterocycles. The molecular formula is C11H12N2O4S. The number of H-pyrrole nitrogens is 1. The fraction of sp³-hybridized carbons (Fsp3) is 0.182. The van der Waals surface area contributed by atoms with Crippen molar-refractivity contribution in [3.63, 3.8) is 0 Å². The first-order chi connectivity index (χ1) is 8.46. The average Bonchev–Trinajstić information content (AvgIpc) is 2.71. The number of aromatic amines is 1. The van der Waals surface area contributed by atoms with Crippen LogP contribution in [0.5, 0.6) is 0 Å². The minimum absolute atomic E-state index is 0.261. The Morgan fingerprint density at radius 2 is 2.11 bits per heavy atom. The monoisotopic (exact) mass is 268 g/mol. The number of aromatic nitrogens is 1. The minimum Gasteiger partial charge on any atom is -0.361 e. The number of nitrogens with two attached hydrogens (primary N) is 1. The van der Waals surface area contributed by atoms with Crippen LogP contribution in [0.2, 0.25) is 0 Å². The van der Waals surface area contributed by atoms with Crippen LogP contribution in [0, 0.1) is 0 Å². The highest BCUT2D eigenvalue weighted by Gasteiger charge is 2.14. The third kappa shape index (κ3) is 3.01. The number of rotatable bonds is 4. The van der Waals surface area contributed by atoms with Crippen LogP contribution in [0.25, 0.3) is 10.9 Å². The molecule has 2 aromatic rings. The molecule has 96 valence electrons. The lowest BCUT2D eigenvalue weighted by Gasteiger charge is -2.03. The number of amides is 1. The molecule has 3 N–H and O–H groups in total. The van der Waals surface area contributed by atoms with Gasteiger partial charge in [-0.25, -0.2) is 4.79 Å². The van der Waals surface area contributed by atoms with Crippen molar-refractivity contribution in [2.24, 2.45) is 5.73 Å². The largest absolute Gasteiger partial charge is 0.420 e. The van der Waals surface area contributed by atoms with Crippen LogP contribution < -0.4 is 5.73 Å². The predicted octanol–water partition coefficient (Wildman–Crippen LogP) is 1.14. The number of carbonyl (C=O) groups is 1. The van der Waals surface area contributed by atoms with Crippen molar-refractivity contribution in [2.75, 3.05) is 5.75 Å². The van der Waals surface area contributed by atoms with Gasteiger partial charge in [0.1, 0.15) is 0 Å². The van der Waals surface area contributed by atoms with Crippen molar-refractivity contribution in [1.29, 1.82) is 0 Å². The van der Waals surface area contributed by atoms with E-state index in [0.29, 0.717) is 0 Å². The Morgan fingerprint density at radius 3 is 2.83 bits per heavy atom. The molecule has 0 saturated carbocycles. The molecule has 1 amide bonds. The van der Waals surface area contributed by atoms with Crippen LogP contribution in [0.15, 0.2) is 30.5 Å². The topological polar surface area (TPSA) is 102 Å². The Bertz CT molecular complexity index is 675. The van der Waals surface area contributed by atoms with Gasteiger partial charge in [0, 0.05) is 11.7 Å². The Labute approximate surface area is 104 Å². The Kier molecular flexibility index (Phi) is 3.24. The van der Waals surface area contributed by atoms with Gasteiger partial charge >= 0.3 is 16.2 Å². The summed E-state index contributed by atoms with van der Waals surface area (Å²) in [4.78, 5) is 13.4. The van der Waals surface area contributed by atoms with Gasteiger partial charge in [0.2, 0.25) is 0 Å². The first-order valence-electron chi connectivity index (χ1n) is 5.24. The average molecular weight is 268 g/mol. The van der Waals surface area contributed by atoms with Crippen LogP contribution in [0.4, 0.5) is 4.79 Å². The zero-order valence-corrected chi connectivity index (χ0v) is 10.2. The summed E-state index contributed by atoms with van der Waals surface area (Å²) >= 11 is 0. The fourth-order valence-electron chi connectivity index (χ4n) is 1.67. The molecule has 0 atom stereocenters. The highest BCUT2D eigenvalue weighted by atomic mass is 32.2. The molecule has 0 fully saturated rings. The molecule has 0 aliphatic heterocycles. The molecule has 0 saturated heterocycles. The van der Waals surface area contributed by atoms with E-state index in [2.05, 4.69) is 14.9 Å². The van der Waals surface area contributed by atoms with E-state index < -0.39 is 16.2 Å².